The summed E-state index contributed by atoms with van der Waals surface area (Å²) in [5.74, 6) is -0.248. The van der Waals surface area contributed by atoms with Gasteiger partial charge in [0.25, 0.3) is 11.5 Å². The van der Waals surface area contributed by atoms with Gasteiger partial charge >= 0.3 is 0 Å². The van der Waals surface area contributed by atoms with Gasteiger partial charge in [0.15, 0.2) is 5.16 Å². The number of rotatable bonds is 8. The van der Waals surface area contributed by atoms with Crippen molar-refractivity contribution >= 4 is 45.4 Å². The third-order valence-corrected chi connectivity index (χ3v) is 7.37. The second kappa shape index (κ2) is 10.7. The number of carbonyl (C=O) groups excluding carboxylic acids is 1. The summed E-state index contributed by atoms with van der Waals surface area (Å²) in [4.78, 5) is 32.6. The Morgan fingerprint density at radius 1 is 1.21 bits per heavy atom. The minimum atomic E-state index is -0.348. The van der Waals surface area contributed by atoms with Crippen molar-refractivity contribution < 1.29 is 9.90 Å². The van der Waals surface area contributed by atoms with Gasteiger partial charge in [0.2, 0.25) is 0 Å². The first kappa shape index (κ1) is 23.7. The highest BCUT2D eigenvalue weighted by molar-refractivity contribution is 7.99. The molecule has 34 heavy (non-hydrogen) atoms. The molecule has 0 saturated heterocycles. The maximum atomic E-state index is 13.6. The number of aromatic nitrogens is 2. The number of para-hydroxylation sites is 2. The number of hydrogen-bond donors (Lipinski definition) is 2. The molecule has 2 aromatic carbocycles. The molecule has 9 heteroatoms. The number of fused-ring (bicyclic) bond motifs is 1. The molecular formula is C25H24N4O3S2. The lowest BCUT2D eigenvalue weighted by molar-refractivity contribution is -0.118. The molecule has 0 unspecified atom stereocenters. The lowest BCUT2D eigenvalue weighted by Crippen LogP contribution is -2.24. The average molecular weight is 493 g/mol. The fourth-order valence-corrected chi connectivity index (χ4v) is 5.64. The molecule has 0 aliphatic rings. The number of phenols is 1. The van der Waals surface area contributed by atoms with Gasteiger partial charge in [-0.25, -0.2) is 10.4 Å². The molecule has 0 saturated carbocycles. The van der Waals surface area contributed by atoms with E-state index in [-0.39, 0.29) is 23.0 Å². The summed E-state index contributed by atoms with van der Waals surface area (Å²) in [6.07, 6.45) is 3.27. The zero-order valence-electron chi connectivity index (χ0n) is 18.8. The number of thioether (sulfide) groups is 1. The van der Waals surface area contributed by atoms with Crippen LogP contribution in [0.3, 0.4) is 0 Å². The van der Waals surface area contributed by atoms with Crippen molar-refractivity contribution in [1.82, 2.24) is 15.0 Å². The van der Waals surface area contributed by atoms with Crippen LogP contribution in [0.1, 0.15) is 29.3 Å². The van der Waals surface area contributed by atoms with E-state index in [1.54, 1.807) is 40.2 Å². The molecular weight excluding hydrogens is 468 g/mol. The van der Waals surface area contributed by atoms with Gasteiger partial charge in [-0.2, -0.15) is 5.10 Å². The number of nitrogens with one attached hydrogen (secondary N) is 1. The Balaban J connectivity index is 1.61. The van der Waals surface area contributed by atoms with E-state index in [4.69, 9.17) is 4.98 Å². The zero-order chi connectivity index (χ0) is 24.1. The normalized spacial score (nSPS) is 11.4. The summed E-state index contributed by atoms with van der Waals surface area (Å²) in [5, 5.41) is 14.8. The molecule has 1 amide bonds. The van der Waals surface area contributed by atoms with Crippen molar-refractivity contribution in [2.45, 2.75) is 31.8 Å². The molecule has 0 bridgehead atoms. The minimum absolute atomic E-state index is 0.0229. The van der Waals surface area contributed by atoms with Crippen molar-refractivity contribution in [1.29, 1.82) is 0 Å². The number of hydrazone groups is 1. The molecule has 2 heterocycles. The van der Waals surface area contributed by atoms with E-state index in [1.165, 1.54) is 22.9 Å². The highest BCUT2D eigenvalue weighted by atomic mass is 32.2. The molecule has 0 aliphatic carbocycles. The number of aromatic hydroxyl groups is 1. The van der Waals surface area contributed by atoms with Gasteiger partial charge < -0.3 is 5.11 Å². The lowest BCUT2D eigenvalue weighted by atomic mass is 10.1. The number of thiophene rings is 1. The zero-order valence-corrected chi connectivity index (χ0v) is 20.4. The molecule has 0 radical (unpaired) electrons. The molecule has 4 aromatic rings. The first-order valence-electron chi connectivity index (χ1n) is 10.8. The summed E-state index contributed by atoms with van der Waals surface area (Å²) < 4.78 is 1.57. The van der Waals surface area contributed by atoms with Crippen LogP contribution in [0.25, 0.3) is 15.9 Å². The van der Waals surface area contributed by atoms with Crippen molar-refractivity contribution in [2.75, 3.05) is 5.75 Å². The second-order valence-electron chi connectivity index (χ2n) is 7.59. The number of phenolic OH excluding ortho intramolecular Hbond substituents is 1. The van der Waals surface area contributed by atoms with Crippen LogP contribution in [0, 0.1) is 6.92 Å². The van der Waals surface area contributed by atoms with Gasteiger partial charge in [-0.1, -0.05) is 55.4 Å². The molecule has 0 aliphatic heterocycles. The van der Waals surface area contributed by atoms with Crippen molar-refractivity contribution in [2.24, 2.45) is 5.10 Å². The van der Waals surface area contributed by atoms with Crippen molar-refractivity contribution in [3.63, 3.8) is 0 Å². The summed E-state index contributed by atoms with van der Waals surface area (Å²) >= 11 is 2.72. The van der Waals surface area contributed by atoms with Crippen LogP contribution in [0.4, 0.5) is 0 Å². The fourth-order valence-electron chi connectivity index (χ4n) is 3.51. The Labute approximate surface area is 205 Å². The standard InChI is InChI=1S/C25H24N4O3S2/c1-3-9-20-16(2)22-23(34-20)27-25(29(24(22)32)18-11-5-4-6-12-18)33-15-21(31)28-26-14-17-10-7-8-13-19(17)30/h4-8,10-14,30H,3,9,15H2,1-2H3,(H,28,31)/b26-14-. The Bertz CT molecular complexity index is 1410. The monoisotopic (exact) mass is 492 g/mol. The van der Waals surface area contributed by atoms with Gasteiger partial charge in [-0.15, -0.1) is 11.3 Å². The van der Waals surface area contributed by atoms with E-state index in [1.807, 2.05) is 37.3 Å². The van der Waals surface area contributed by atoms with E-state index >= 15 is 0 Å². The fraction of sp³-hybridized carbons (Fsp3) is 0.200. The molecule has 0 spiro atoms. The minimum Gasteiger partial charge on any atom is -0.507 e. The van der Waals surface area contributed by atoms with E-state index in [2.05, 4.69) is 17.5 Å². The largest absolute Gasteiger partial charge is 0.507 e. The number of hydrogen-bond acceptors (Lipinski definition) is 7. The van der Waals surface area contributed by atoms with E-state index in [0.717, 1.165) is 18.4 Å². The highest BCUT2D eigenvalue weighted by Gasteiger charge is 2.19. The number of aryl methyl sites for hydroxylation is 2. The van der Waals surface area contributed by atoms with E-state index < -0.39 is 0 Å². The Kier molecular flexibility index (Phi) is 7.44. The van der Waals surface area contributed by atoms with Crippen LogP contribution >= 0.6 is 23.1 Å². The summed E-state index contributed by atoms with van der Waals surface area (Å²) in [5.41, 5.74) is 4.50. The quantitative estimate of drug-likeness (QED) is 0.161. The third kappa shape index (κ3) is 5.05. The molecule has 174 valence electrons. The van der Waals surface area contributed by atoms with Crippen LogP contribution in [0.5, 0.6) is 5.75 Å². The summed E-state index contributed by atoms with van der Waals surface area (Å²) in [7, 11) is 0. The van der Waals surface area contributed by atoms with Crippen LogP contribution in [-0.2, 0) is 11.2 Å². The summed E-state index contributed by atoms with van der Waals surface area (Å²) in [6.45, 7) is 4.09. The molecule has 0 fully saturated rings. The van der Waals surface area contributed by atoms with Crippen molar-refractivity contribution in [3.05, 3.63) is 81.0 Å². The highest BCUT2D eigenvalue weighted by Crippen LogP contribution is 2.31. The molecule has 2 N–H and O–H groups in total. The first-order chi connectivity index (χ1) is 16.5. The van der Waals surface area contributed by atoms with Gasteiger partial charge in [-0.3, -0.25) is 14.2 Å². The number of amides is 1. The number of nitrogens with zero attached hydrogens (tertiary/aromatic N) is 3. The topological polar surface area (TPSA) is 96.6 Å². The predicted octanol–water partition coefficient (Wildman–Crippen LogP) is 4.66. The smallest absolute Gasteiger partial charge is 0.267 e. The van der Waals surface area contributed by atoms with Gasteiger partial charge in [0.05, 0.1) is 23.0 Å². The number of carbonyl (C=O) groups is 1. The molecule has 7 nitrogen and oxygen atoms in total. The van der Waals surface area contributed by atoms with Crippen LogP contribution in [0.15, 0.2) is 69.6 Å². The van der Waals surface area contributed by atoms with Crippen molar-refractivity contribution in [3.8, 4) is 11.4 Å². The lowest BCUT2D eigenvalue weighted by Gasteiger charge is -2.12. The van der Waals surface area contributed by atoms with Crippen LogP contribution in [-0.4, -0.2) is 32.5 Å². The predicted molar refractivity (Wildman–Crippen MR) is 139 cm³/mol. The van der Waals surface area contributed by atoms with Gasteiger partial charge in [0.1, 0.15) is 10.6 Å². The van der Waals surface area contributed by atoms with Crippen LogP contribution in [0.2, 0.25) is 0 Å². The molecule has 0 atom stereocenters. The van der Waals surface area contributed by atoms with Gasteiger partial charge in [-0.05, 0) is 43.2 Å². The van der Waals surface area contributed by atoms with Gasteiger partial charge in [0, 0.05) is 10.4 Å². The van der Waals surface area contributed by atoms with E-state index in [0.29, 0.717) is 26.6 Å². The Hall–Kier alpha value is -3.43. The molecule has 4 rings (SSSR count). The summed E-state index contributed by atoms with van der Waals surface area (Å²) in [6, 6.07) is 16.0. The SMILES string of the molecule is CCCc1sc2nc(SCC(=O)N/N=C\c3ccccc3O)n(-c3ccccc3)c(=O)c2c1C. The van der Waals surface area contributed by atoms with Crippen LogP contribution < -0.4 is 11.0 Å². The average Bonchev–Trinajstić information content (AvgIpc) is 3.15. The van der Waals surface area contributed by atoms with E-state index in [9.17, 15) is 14.7 Å². The first-order valence-corrected chi connectivity index (χ1v) is 12.6. The molecule has 2 aromatic heterocycles. The Morgan fingerprint density at radius 3 is 2.68 bits per heavy atom. The number of benzene rings is 2. The Morgan fingerprint density at radius 2 is 1.94 bits per heavy atom. The second-order valence-corrected chi connectivity index (χ2v) is 9.62. The third-order valence-electron chi connectivity index (χ3n) is 5.19. The maximum Gasteiger partial charge on any atom is 0.267 e. The maximum absolute atomic E-state index is 13.6.